The summed E-state index contributed by atoms with van der Waals surface area (Å²) in [7, 11) is 1.74. The maximum Gasteiger partial charge on any atom is 0.0670 e. The Bertz CT molecular complexity index is 279. The Balaban J connectivity index is 2.50. The molecule has 0 radical (unpaired) electrons. The molecule has 1 aromatic rings. The summed E-state index contributed by atoms with van der Waals surface area (Å²) in [5.41, 5.74) is 1.32. The molecule has 0 aliphatic heterocycles. The van der Waals surface area contributed by atoms with Crippen molar-refractivity contribution in [2.45, 2.75) is 19.6 Å². The first kappa shape index (κ1) is 13.5. The molecule has 0 N–H and O–H groups in total. The van der Waals surface area contributed by atoms with E-state index in [1.165, 1.54) is 5.56 Å². The monoisotopic (exact) mass is 241 g/mol. The van der Waals surface area contributed by atoms with Crippen LogP contribution in [0.1, 0.15) is 12.5 Å². The molecular formula is C13H20ClNO. The molecule has 16 heavy (non-hydrogen) atoms. The topological polar surface area (TPSA) is 12.5 Å². The van der Waals surface area contributed by atoms with E-state index in [4.69, 9.17) is 16.3 Å². The molecule has 2 nitrogen and oxygen atoms in total. The summed E-state index contributed by atoms with van der Waals surface area (Å²) < 4.78 is 5.28. The SMILES string of the molecule is COC(C)CN(CCCl)Cc1ccccc1. The Hall–Kier alpha value is -0.570. The average molecular weight is 242 g/mol. The van der Waals surface area contributed by atoms with Crippen LogP contribution in [0.3, 0.4) is 0 Å². The van der Waals surface area contributed by atoms with Gasteiger partial charge in [0.05, 0.1) is 6.10 Å². The lowest BCUT2D eigenvalue weighted by molar-refractivity contribution is 0.0766. The summed E-state index contributed by atoms with van der Waals surface area (Å²) in [6.45, 7) is 4.82. The second kappa shape index (κ2) is 7.66. The summed E-state index contributed by atoms with van der Waals surface area (Å²) in [6, 6.07) is 10.4. The van der Waals surface area contributed by atoms with Gasteiger partial charge in [0.2, 0.25) is 0 Å². The number of nitrogens with zero attached hydrogens (tertiary/aromatic N) is 1. The highest BCUT2D eigenvalue weighted by atomic mass is 35.5. The van der Waals surface area contributed by atoms with Crippen LogP contribution in [-0.2, 0) is 11.3 Å². The van der Waals surface area contributed by atoms with Gasteiger partial charge in [-0.2, -0.15) is 0 Å². The lowest BCUT2D eigenvalue weighted by atomic mass is 10.2. The second-order valence-electron chi connectivity index (χ2n) is 3.96. The van der Waals surface area contributed by atoms with Crippen molar-refractivity contribution in [1.82, 2.24) is 4.90 Å². The Labute approximate surface area is 103 Å². The molecule has 0 aromatic heterocycles. The largest absolute Gasteiger partial charge is 0.380 e. The molecule has 90 valence electrons. The zero-order chi connectivity index (χ0) is 11.8. The van der Waals surface area contributed by atoms with Gasteiger partial charge in [0.1, 0.15) is 0 Å². The standard InChI is InChI=1S/C13H20ClNO/c1-12(16-2)10-15(9-8-14)11-13-6-4-3-5-7-13/h3-7,12H,8-11H2,1-2H3. The van der Waals surface area contributed by atoms with E-state index >= 15 is 0 Å². The van der Waals surface area contributed by atoms with Crippen molar-refractivity contribution < 1.29 is 4.74 Å². The molecule has 0 saturated carbocycles. The van der Waals surface area contributed by atoms with Crippen LogP contribution in [0.2, 0.25) is 0 Å². The number of alkyl halides is 1. The van der Waals surface area contributed by atoms with Crippen LogP contribution in [0.4, 0.5) is 0 Å². The molecule has 0 aliphatic carbocycles. The number of benzene rings is 1. The molecule has 1 aromatic carbocycles. The van der Waals surface area contributed by atoms with Gasteiger partial charge in [0.15, 0.2) is 0 Å². The number of hydrogen-bond donors (Lipinski definition) is 0. The fourth-order valence-electron chi connectivity index (χ4n) is 1.63. The van der Waals surface area contributed by atoms with Crippen LogP contribution in [0, 0.1) is 0 Å². The van der Waals surface area contributed by atoms with E-state index in [0.717, 1.165) is 19.6 Å². The Morgan fingerprint density at radius 1 is 1.31 bits per heavy atom. The van der Waals surface area contributed by atoms with Crippen molar-refractivity contribution in [3.8, 4) is 0 Å². The minimum absolute atomic E-state index is 0.243. The van der Waals surface area contributed by atoms with Crippen LogP contribution in [0.15, 0.2) is 30.3 Å². The van der Waals surface area contributed by atoms with Gasteiger partial charge < -0.3 is 4.74 Å². The van der Waals surface area contributed by atoms with E-state index in [-0.39, 0.29) is 6.10 Å². The third-order valence-corrected chi connectivity index (χ3v) is 2.74. The van der Waals surface area contributed by atoms with E-state index in [1.807, 2.05) is 6.07 Å². The van der Waals surface area contributed by atoms with Gasteiger partial charge in [-0.25, -0.2) is 0 Å². The van der Waals surface area contributed by atoms with Crippen LogP contribution >= 0.6 is 11.6 Å². The molecule has 1 unspecified atom stereocenters. The molecule has 0 aliphatic rings. The maximum atomic E-state index is 5.81. The van der Waals surface area contributed by atoms with Crippen LogP contribution in [0.5, 0.6) is 0 Å². The van der Waals surface area contributed by atoms with E-state index < -0.39 is 0 Å². The summed E-state index contributed by atoms with van der Waals surface area (Å²) in [4.78, 5) is 2.32. The van der Waals surface area contributed by atoms with Gasteiger partial charge in [-0.3, -0.25) is 4.90 Å². The van der Waals surface area contributed by atoms with Gasteiger partial charge >= 0.3 is 0 Å². The normalized spacial score (nSPS) is 13.0. The average Bonchev–Trinajstić information content (AvgIpc) is 2.30. The Morgan fingerprint density at radius 3 is 2.56 bits per heavy atom. The van der Waals surface area contributed by atoms with E-state index in [2.05, 4.69) is 36.1 Å². The summed E-state index contributed by atoms with van der Waals surface area (Å²) in [5, 5.41) is 0. The zero-order valence-corrected chi connectivity index (χ0v) is 10.8. The van der Waals surface area contributed by atoms with E-state index in [9.17, 15) is 0 Å². The number of halogens is 1. The highest BCUT2D eigenvalue weighted by Crippen LogP contribution is 2.06. The van der Waals surface area contributed by atoms with Crippen LogP contribution in [-0.4, -0.2) is 37.1 Å². The van der Waals surface area contributed by atoms with Crippen molar-refractivity contribution in [2.75, 3.05) is 26.1 Å². The molecule has 0 bridgehead atoms. The zero-order valence-electron chi connectivity index (χ0n) is 10.0. The summed E-state index contributed by atoms with van der Waals surface area (Å²) in [6.07, 6.45) is 0.243. The molecular weight excluding hydrogens is 222 g/mol. The lowest BCUT2D eigenvalue weighted by Gasteiger charge is -2.24. The minimum Gasteiger partial charge on any atom is -0.380 e. The third kappa shape index (κ3) is 4.97. The molecule has 3 heteroatoms. The molecule has 0 fully saturated rings. The molecule has 0 amide bonds. The first-order valence-corrected chi connectivity index (χ1v) is 6.14. The molecule has 0 heterocycles. The van der Waals surface area contributed by atoms with Gasteiger partial charge in [-0.05, 0) is 12.5 Å². The van der Waals surface area contributed by atoms with Gasteiger partial charge in [-0.15, -0.1) is 11.6 Å². The number of hydrogen-bond acceptors (Lipinski definition) is 2. The Morgan fingerprint density at radius 2 is 2.00 bits per heavy atom. The highest BCUT2D eigenvalue weighted by Gasteiger charge is 2.09. The van der Waals surface area contributed by atoms with Crippen molar-refractivity contribution in [1.29, 1.82) is 0 Å². The molecule has 0 spiro atoms. The van der Waals surface area contributed by atoms with Crippen molar-refractivity contribution in [3.05, 3.63) is 35.9 Å². The number of ether oxygens (including phenoxy) is 1. The number of rotatable bonds is 7. The minimum atomic E-state index is 0.243. The Kier molecular flexibility index (Phi) is 6.46. The highest BCUT2D eigenvalue weighted by molar-refractivity contribution is 6.18. The molecule has 0 saturated heterocycles. The van der Waals surface area contributed by atoms with Gasteiger partial charge in [0, 0.05) is 32.6 Å². The fraction of sp³-hybridized carbons (Fsp3) is 0.538. The fourth-order valence-corrected chi connectivity index (χ4v) is 1.87. The predicted molar refractivity (Wildman–Crippen MR) is 68.9 cm³/mol. The second-order valence-corrected chi connectivity index (χ2v) is 4.33. The maximum absolute atomic E-state index is 5.81. The smallest absolute Gasteiger partial charge is 0.0670 e. The van der Waals surface area contributed by atoms with Crippen LogP contribution in [0.25, 0.3) is 0 Å². The van der Waals surface area contributed by atoms with Gasteiger partial charge in [0.25, 0.3) is 0 Å². The lowest BCUT2D eigenvalue weighted by Crippen LogP contribution is -2.33. The quantitative estimate of drug-likeness (QED) is 0.681. The predicted octanol–water partition coefficient (Wildman–Crippen LogP) is 2.76. The first-order chi connectivity index (χ1) is 7.76. The summed E-state index contributed by atoms with van der Waals surface area (Å²) >= 11 is 5.81. The summed E-state index contributed by atoms with van der Waals surface area (Å²) in [5.74, 6) is 0.656. The van der Waals surface area contributed by atoms with Gasteiger partial charge in [-0.1, -0.05) is 30.3 Å². The first-order valence-electron chi connectivity index (χ1n) is 5.61. The van der Waals surface area contributed by atoms with Crippen molar-refractivity contribution >= 4 is 11.6 Å². The third-order valence-electron chi connectivity index (χ3n) is 2.57. The van der Waals surface area contributed by atoms with E-state index in [0.29, 0.717) is 5.88 Å². The number of methoxy groups -OCH3 is 1. The van der Waals surface area contributed by atoms with Crippen molar-refractivity contribution in [2.24, 2.45) is 0 Å². The van der Waals surface area contributed by atoms with Crippen molar-refractivity contribution in [3.63, 3.8) is 0 Å². The molecule has 1 atom stereocenters. The molecule has 1 rings (SSSR count). The van der Waals surface area contributed by atoms with Crippen LogP contribution < -0.4 is 0 Å². The van der Waals surface area contributed by atoms with E-state index in [1.54, 1.807) is 7.11 Å².